The molecule has 0 aliphatic carbocycles. The number of halogens is 3. The number of aromatic hydroxyl groups is 1. The number of amides is 2. The number of hydrogen-bond acceptors (Lipinski definition) is 8. The van der Waals surface area contributed by atoms with Gasteiger partial charge in [-0.05, 0) is 37.6 Å². The molecular weight excluding hydrogens is 519 g/mol. The summed E-state index contributed by atoms with van der Waals surface area (Å²) in [4.78, 5) is 24.4. The van der Waals surface area contributed by atoms with Crippen molar-refractivity contribution in [1.29, 1.82) is 0 Å². The lowest BCUT2D eigenvalue weighted by Gasteiger charge is -2.21. The molecule has 37 heavy (non-hydrogen) atoms. The fourth-order valence-corrected chi connectivity index (χ4v) is 4.73. The summed E-state index contributed by atoms with van der Waals surface area (Å²) in [5, 5.41) is 16.0. The molecule has 0 spiro atoms. The molecule has 2 amide bonds. The topological polar surface area (TPSA) is 167 Å². The highest BCUT2D eigenvalue weighted by atomic mass is 32.2. The van der Waals surface area contributed by atoms with Gasteiger partial charge in [-0.15, -0.1) is 4.40 Å². The zero-order valence-corrected chi connectivity index (χ0v) is 20.9. The number of alkyl halides is 3. The number of sulfonamides is 1. The maximum absolute atomic E-state index is 13.6. The summed E-state index contributed by atoms with van der Waals surface area (Å²) in [5.41, 5.74) is 1.78. The van der Waals surface area contributed by atoms with E-state index in [0.29, 0.717) is 24.0 Å². The van der Waals surface area contributed by atoms with Crippen LogP contribution >= 0.6 is 0 Å². The Morgan fingerprint density at radius 2 is 1.86 bits per heavy atom. The summed E-state index contributed by atoms with van der Waals surface area (Å²) >= 11 is 0. The summed E-state index contributed by atoms with van der Waals surface area (Å²) in [5.74, 6) is -3.08. The molecular formula is C22H24F3N5O6S. The lowest BCUT2D eigenvalue weighted by Crippen LogP contribution is -2.32. The summed E-state index contributed by atoms with van der Waals surface area (Å²) in [6.07, 6.45) is -4.62. The van der Waals surface area contributed by atoms with Crippen molar-refractivity contribution in [1.82, 2.24) is 10.2 Å². The minimum atomic E-state index is -4.99. The Balaban J connectivity index is 2.15. The van der Waals surface area contributed by atoms with Gasteiger partial charge in [-0.2, -0.15) is 21.6 Å². The normalized spacial score (nSPS) is 15.8. The van der Waals surface area contributed by atoms with Gasteiger partial charge in [0.15, 0.2) is 16.5 Å². The van der Waals surface area contributed by atoms with Gasteiger partial charge in [0.1, 0.15) is 17.2 Å². The molecule has 11 nitrogen and oxygen atoms in total. The van der Waals surface area contributed by atoms with Gasteiger partial charge in [-0.3, -0.25) is 9.59 Å². The molecule has 15 heteroatoms. The molecule has 1 aliphatic rings. The number of rotatable bonds is 7. The fraction of sp³-hybridized carbons (Fsp3) is 0.318. The van der Waals surface area contributed by atoms with E-state index in [1.165, 1.54) is 14.1 Å². The standard InChI is InChI=1S/C22H24F3N5O6S/c1-5-12(14-9-6-10(2)36-14)28-20-16(18(19(26)32)37(34,35)29-20)27-13-8-7-11(22(23,24)25)15(17(13)31)21(33)30(3)4/h6-9,12,27,31H,5H2,1-4H3,(H2,26,32)(H,28,29). The summed E-state index contributed by atoms with van der Waals surface area (Å²) in [7, 11) is -2.24. The number of anilines is 1. The van der Waals surface area contributed by atoms with Gasteiger partial charge in [-0.1, -0.05) is 6.92 Å². The molecule has 3 rings (SSSR count). The SMILES string of the molecule is CCC(NC1=NS(=O)(=O)C(C(N)=O)=C1Nc1ccc(C(F)(F)F)c(C(=O)N(C)C)c1O)c1ccc(C)o1. The Kier molecular flexibility index (Phi) is 7.30. The predicted molar refractivity (Wildman–Crippen MR) is 127 cm³/mol. The first-order valence-electron chi connectivity index (χ1n) is 10.7. The highest BCUT2D eigenvalue weighted by molar-refractivity contribution is 7.95. The van der Waals surface area contributed by atoms with Crippen LogP contribution in [0.2, 0.25) is 0 Å². The maximum atomic E-state index is 13.6. The van der Waals surface area contributed by atoms with Crippen LogP contribution in [0.1, 0.15) is 46.8 Å². The Morgan fingerprint density at radius 3 is 2.35 bits per heavy atom. The largest absolute Gasteiger partial charge is 0.505 e. The van der Waals surface area contributed by atoms with Crippen LogP contribution in [-0.4, -0.2) is 50.2 Å². The molecule has 1 atom stereocenters. The quantitative estimate of drug-likeness (QED) is 0.387. The monoisotopic (exact) mass is 543 g/mol. The summed E-state index contributed by atoms with van der Waals surface area (Å²) in [6, 6.07) is 4.02. The van der Waals surface area contributed by atoms with E-state index in [0.717, 1.165) is 11.0 Å². The Bertz CT molecular complexity index is 1430. The summed E-state index contributed by atoms with van der Waals surface area (Å²) < 4.78 is 75.1. The van der Waals surface area contributed by atoms with E-state index in [9.17, 15) is 36.3 Å². The van der Waals surface area contributed by atoms with E-state index in [1.54, 1.807) is 26.0 Å². The number of primary amides is 1. The highest BCUT2D eigenvalue weighted by Gasteiger charge is 2.40. The van der Waals surface area contributed by atoms with Gasteiger partial charge < -0.3 is 30.8 Å². The number of benzene rings is 1. The van der Waals surface area contributed by atoms with Crippen molar-refractivity contribution < 1.29 is 40.7 Å². The van der Waals surface area contributed by atoms with Gasteiger partial charge in [0.25, 0.3) is 21.8 Å². The highest BCUT2D eigenvalue weighted by Crippen LogP contribution is 2.41. The molecule has 0 fully saturated rings. The zero-order chi connectivity index (χ0) is 27.9. The number of phenolic OH excluding ortho intramolecular Hbond substituents is 1. The lowest BCUT2D eigenvalue weighted by molar-refractivity contribution is -0.138. The third-order valence-electron chi connectivity index (χ3n) is 5.34. The second kappa shape index (κ2) is 9.80. The predicted octanol–water partition coefficient (Wildman–Crippen LogP) is 2.61. The molecule has 5 N–H and O–H groups in total. The fourth-order valence-electron chi connectivity index (χ4n) is 3.60. The zero-order valence-electron chi connectivity index (χ0n) is 20.1. The maximum Gasteiger partial charge on any atom is 0.417 e. The van der Waals surface area contributed by atoms with Crippen molar-refractivity contribution in [2.24, 2.45) is 10.1 Å². The first-order valence-corrected chi connectivity index (χ1v) is 12.2. The molecule has 200 valence electrons. The van der Waals surface area contributed by atoms with Crippen LogP contribution in [0.15, 0.2) is 43.7 Å². The van der Waals surface area contributed by atoms with Gasteiger partial charge >= 0.3 is 6.18 Å². The van der Waals surface area contributed by atoms with Gasteiger partial charge in [0.2, 0.25) is 0 Å². The molecule has 1 aromatic carbocycles. The van der Waals surface area contributed by atoms with E-state index < -0.39 is 73.1 Å². The van der Waals surface area contributed by atoms with Crippen LogP contribution in [0.4, 0.5) is 18.9 Å². The number of furan rings is 1. The average Bonchev–Trinajstić information content (AvgIpc) is 3.31. The third-order valence-corrected chi connectivity index (χ3v) is 6.69. The van der Waals surface area contributed by atoms with E-state index in [4.69, 9.17) is 10.2 Å². The number of phenols is 1. The minimum Gasteiger partial charge on any atom is -0.505 e. The van der Waals surface area contributed by atoms with Crippen molar-refractivity contribution in [2.75, 3.05) is 19.4 Å². The minimum absolute atomic E-state index is 0.373. The molecule has 0 saturated carbocycles. The van der Waals surface area contributed by atoms with Crippen LogP contribution in [0, 0.1) is 6.92 Å². The number of nitrogens with two attached hydrogens (primary N) is 1. The lowest BCUT2D eigenvalue weighted by atomic mass is 10.0. The van der Waals surface area contributed by atoms with Crippen molar-refractivity contribution in [3.05, 3.63) is 57.5 Å². The van der Waals surface area contributed by atoms with Crippen molar-refractivity contribution in [3.8, 4) is 5.75 Å². The molecule has 1 aliphatic heterocycles. The average molecular weight is 544 g/mol. The van der Waals surface area contributed by atoms with E-state index in [2.05, 4.69) is 15.0 Å². The van der Waals surface area contributed by atoms with Crippen LogP contribution in [0.5, 0.6) is 5.75 Å². The Morgan fingerprint density at radius 1 is 1.22 bits per heavy atom. The number of hydrogen-bond donors (Lipinski definition) is 4. The second-order valence-electron chi connectivity index (χ2n) is 8.24. The van der Waals surface area contributed by atoms with Crippen LogP contribution in [0.25, 0.3) is 0 Å². The Labute approximate surface area is 209 Å². The van der Waals surface area contributed by atoms with Crippen LogP contribution < -0.4 is 16.4 Å². The molecule has 1 unspecified atom stereocenters. The van der Waals surface area contributed by atoms with Crippen molar-refractivity contribution in [2.45, 2.75) is 32.5 Å². The molecule has 0 bridgehead atoms. The molecule has 0 radical (unpaired) electrons. The molecule has 1 aromatic heterocycles. The number of carbonyl (C=O) groups excluding carboxylic acids is 2. The number of amidine groups is 1. The Hall–Kier alpha value is -4.01. The van der Waals surface area contributed by atoms with Crippen LogP contribution in [0.3, 0.4) is 0 Å². The number of nitrogens with one attached hydrogen (secondary N) is 2. The van der Waals surface area contributed by atoms with E-state index in [-0.39, 0.29) is 0 Å². The number of aryl methyl sites for hydroxylation is 1. The van der Waals surface area contributed by atoms with E-state index in [1.807, 2.05) is 0 Å². The molecule has 2 heterocycles. The molecule has 2 aromatic rings. The third kappa shape index (κ3) is 5.40. The van der Waals surface area contributed by atoms with E-state index >= 15 is 0 Å². The van der Waals surface area contributed by atoms with Crippen molar-refractivity contribution in [3.63, 3.8) is 0 Å². The van der Waals surface area contributed by atoms with Gasteiger partial charge in [-0.25, -0.2) is 0 Å². The molecule has 0 saturated heterocycles. The number of nitrogens with zero attached hydrogens (tertiary/aromatic N) is 2. The first-order chi connectivity index (χ1) is 17.1. The number of carbonyl (C=O) groups is 2. The smallest absolute Gasteiger partial charge is 0.417 e. The van der Waals surface area contributed by atoms with Gasteiger partial charge in [0.05, 0.1) is 22.9 Å². The second-order valence-corrected chi connectivity index (χ2v) is 9.78. The summed E-state index contributed by atoms with van der Waals surface area (Å²) in [6.45, 7) is 3.46. The van der Waals surface area contributed by atoms with Gasteiger partial charge in [0, 0.05) is 14.1 Å². The van der Waals surface area contributed by atoms with Crippen molar-refractivity contribution >= 4 is 33.4 Å². The van der Waals surface area contributed by atoms with Crippen LogP contribution in [-0.2, 0) is 21.0 Å². The first kappa shape index (κ1) is 27.6.